The SMILES string of the molecule is CCNC1CCCCCC1c1nc(CCOCC)no1. The molecule has 1 aliphatic carbocycles. The van der Waals surface area contributed by atoms with E-state index >= 15 is 0 Å². The van der Waals surface area contributed by atoms with Crippen molar-refractivity contribution in [2.24, 2.45) is 0 Å². The molecule has 5 heteroatoms. The first-order valence-corrected chi connectivity index (χ1v) is 7.98. The fourth-order valence-electron chi connectivity index (χ4n) is 2.94. The van der Waals surface area contributed by atoms with Gasteiger partial charge in [0.1, 0.15) is 0 Å². The largest absolute Gasteiger partial charge is 0.381 e. The molecule has 1 aromatic rings. The first-order chi connectivity index (χ1) is 9.85. The van der Waals surface area contributed by atoms with Crippen molar-refractivity contribution in [1.82, 2.24) is 15.5 Å². The molecule has 0 amide bonds. The Hall–Kier alpha value is -0.940. The standard InChI is InChI=1S/C15H27N3O2/c1-3-16-13-9-7-5-6-8-12(13)15-17-14(18-20-15)10-11-19-4-2/h12-13,16H,3-11H2,1-2H3. The van der Waals surface area contributed by atoms with Crippen LogP contribution in [0.25, 0.3) is 0 Å². The van der Waals surface area contributed by atoms with Crippen molar-refractivity contribution in [2.75, 3.05) is 19.8 Å². The van der Waals surface area contributed by atoms with Crippen LogP contribution in [-0.4, -0.2) is 35.9 Å². The van der Waals surface area contributed by atoms with Gasteiger partial charge in [-0.25, -0.2) is 0 Å². The molecule has 1 aromatic heterocycles. The number of nitrogens with zero attached hydrogens (tertiary/aromatic N) is 2. The van der Waals surface area contributed by atoms with Crippen molar-refractivity contribution in [3.05, 3.63) is 11.7 Å². The second-order valence-electron chi connectivity index (χ2n) is 5.40. The van der Waals surface area contributed by atoms with Crippen LogP contribution < -0.4 is 5.32 Å². The van der Waals surface area contributed by atoms with Crippen LogP contribution in [0.4, 0.5) is 0 Å². The van der Waals surface area contributed by atoms with Gasteiger partial charge in [0.15, 0.2) is 5.82 Å². The number of aromatic nitrogens is 2. The van der Waals surface area contributed by atoms with E-state index in [2.05, 4.69) is 22.4 Å². The van der Waals surface area contributed by atoms with Gasteiger partial charge in [0, 0.05) is 19.1 Å². The smallest absolute Gasteiger partial charge is 0.231 e. The molecule has 0 aliphatic heterocycles. The summed E-state index contributed by atoms with van der Waals surface area (Å²) in [7, 11) is 0. The summed E-state index contributed by atoms with van der Waals surface area (Å²) in [6.07, 6.45) is 6.93. The summed E-state index contributed by atoms with van der Waals surface area (Å²) in [5.41, 5.74) is 0. The zero-order valence-corrected chi connectivity index (χ0v) is 12.7. The highest BCUT2D eigenvalue weighted by atomic mass is 16.5. The number of rotatable bonds is 7. The van der Waals surface area contributed by atoms with E-state index < -0.39 is 0 Å². The molecule has 5 nitrogen and oxygen atoms in total. The minimum absolute atomic E-state index is 0.366. The number of hydrogen-bond acceptors (Lipinski definition) is 5. The van der Waals surface area contributed by atoms with Crippen molar-refractivity contribution in [2.45, 2.75) is 64.3 Å². The summed E-state index contributed by atoms with van der Waals surface area (Å²) < 4.78 is 10.8. The molecule has 0 aromatic carbocycles. The van der Waals surface area contributed by atoms with E-state index in [0.29, 0.717) is 18.6 Å². The topological polar surface area (TPSA) is 60.2 Å². The summed E-state index contributed by atoms with van der Waals surface area (Å²) in [5, 5.41) is 7.68. The highest BCUT2D eigenvalue weighted by Gasteiger charge is 2.29. The highest BCUT2D eigenvalue weighted by Crippen LogP contribution is 2.31. The second-order valence-corrected chi connectivity index (χ2v) is 5.40. The Morgan fingerprint density at radius 3 is 2.90 bits per heavy atom. The van der Waals surface area contributed by atoms with Crippen LogP contribution in [0.15, 0.2) is 4.52 Å². The van der Waals surface area contributed by atoms with Gasteiger partial charge in [0.25, 0.3) is 0 Å². The lowest BCUT2D eigenvalue weighted by Crippen LogP contribution is -2.34. The van der Waals surface area contributed by atoms with Crippen LogP contribution in [0.3, 0.4) is 0 Å². The van der Waals surface area contributed by atoms with Crippen molar-refractivity contribution < 1.29 is 9.26 Å². The van der Waals surface area contributed by atoms with E-state index in [1.165, 1.54) is 25.7 Å². The zero-order valence-electron chi connectivity index (χ0n) is 12.7. The molecule has 114 valence electrons. The Balaban J connectivity index is 1.99. The molecule has 1 heterocycles. The van der Waals surface area contributed by atoms with Gasteiger partial charge in [-0.1, -0.05) is 31.3 Å². The zero-order chi connectivity index (χ0) is 14.2. The van der Waals surface area contributed by atoms with Crippen LogP contribution >= 0.6 is 0 Å². The van der Waals surface area contributed by atoms with Gasteiger partial charge in [0.2, 0.25) is 5.89 Å². The Kier molecular flexibility index (Phi) is 6.47. The maximum atomic E-state index is 5.51. The van der Waals surface area contributed by atoms with Gasteiger partial charge in [-0.05, 0) is 26.3 Å². The average molecular weight is 281 g/mol. The summed E-state index contributed by atoms with van der Waals surface area (Å²) >= 11 is 0. The van der Waals surface area contributed by atoms with Crippen LogP contribution in [0.1, 0.15) is 63.6 Å². The lowest BCUT2D eigenvalue weighted by Gasteiger charge is -2.22. The van der Waals surface area contributed by atoms with Crippen molar-refractivity contribution in [3.8, 4) is 0 Å². The number of hydrogen-bond donors (Lipinski definition) is 1. The monoisotopic (exact) mass is 281 g/mol. The molecule has 2 unspecified atom stereocenters. The fourth-order valence-corrected chi connectivity index (χ4v) is 2.94. The molecule has 0 spiro atoms. The lowest BCUT2D eigenvalue weighted by molar-refractivity contribution is 0.149. The molecule has 0 radical (unpaired) electrons. The van der Waals surface area contributed by atoms with Crippen molar-refractivity contribution in [3.63, 3.8) is 0 Å². The molecular weight excluding hydrogens is 254 g/mol. The predicted octanol–water partition coefficient (Wildman–Crippen LogP) is 2.67. The maximum Gasteiger partial charge on any atom is 0.231 e. The molecular formula is C15H27N3O2. The third-order valence-corrected chi connectivity index (χ3v) is 3.96. The van der Waals surface area contributed by atoms with Gasteiger partial charge in [-0.15, -0.1) is 0 Å². The van der Waals surface area contributed by atoms with Gasteiger partial charge in [-0.3, -0.25) is 0 Å². The van der Waals surface area contributed by atoms with E-state index in [4.69, 9.17) is 9.26 Å². The van der Waals surface area contributed by atoms with Crippen molar-refractivity contribution >= 4 is 0 Å². The fraction of sp³-hybridized carbons (Fsp3) is 0.867. The number of ether oxygens (including phenoxy) is 1. The van der Waals surface area contributed by atoms with E-state index in [1.807, 2.05) is 6.92 Å². The van der Waals surface area contributed by atoms with E-state index in [0.717, 1.165) is 37.7 Å². The lowest BCUT2D eigenvalue weighted by atomic mass is 9.94. The Morgan fingerprint density at radius 1 is 1.25 bits per heavy atom. The van der Waals surface area contributed by atoms with E-state index in [9.17, 15) is 0 Å². The van der Waals surface area contributed by atoms with E-state index in [1.54, 1.807) is 0 Å². The molecule has 1 N–H and O–H groups in total. The normalized spacial score (nSPS) is 23.7. The second kappa shape index (κ2) is 8.37. The third kappa shape index (κ3) is 4.28. The summed E-state index contributed by atoms with van der Waals surface area (Å²) in [5.74, 6) is 1.95. The molecule has 0 bridgehead atoms. The third-order valence-electron chi connectivity index (χ3n) is 3.96. The van der Waals surface area contributed by atoms with Crippen LogP contribution in [-0.2, 0) is 11.2 Å². The first-order valence-electron chi connectivity index (χ1n) is 7.98. The average Bonchev–Trinajstić information content (AvgIpc) is 2.79. The number of nitrogens with one attached hydrogen (secondary N) is 1. The molecule has 1 fully saturated rings. The molecule has 0 saturated heterocycles. The minimum Gasteiger partial charge on any atom is -0.381 e. The minimum atomic E-state index is 0.366. The Labute approximate surface area is 121 Å². The maximum absolute atomic E-state index is 5.51. The van der Waals surface area contributed by atoms with Gasteiger partial charge in [-0.2, -0.15) is 4.98 Å². The number of likely N-dealkylation sites (N-methyl/N-ethyl adjacent to an activating group) is 1. The first kappa shape index (κ1) is 15.4. The van der Waals surface area contributed by atoms with Crippen LogP contribution in [0.2, 0.25) is 0 Å². The summed E-state index contributed by atoms with van der Waals surface area (Å²) in [6, 6.07) is 0.475. The Morgan fingerprint density at radius 2 is 2.10 bits per heavy atom. The Bertz CT molecular complexity index is 381. The van der Waals surface area contributed by atoms with Gasteiger partial charge >= 0.3 is 0 Å². The van der Waals surface area contributed by atoms with Crippen LogP contribution in [0, 0.1) is 0 Å². The molecule has 1 aliphatic rings. The van der Waals surface area contributed by atoms with Gasteiger partial charge in [0.05, 0.1) is 12.5 Å². The molecule has 20 heavy (non-hydrogen) atoms. The molecule has 1 saturated carbocycles. The summed E-state index contributed by atoms with van der Waals surface area (Å²) in [6.45, 7) is 6.54. The quantitative estimate of drug-likeness (QED) is 0.615. The summed E-state index contributed by atoms with van der Waals surface area (Å²) in [4.78, 5) is 4.58. The molecule has 2 rings (SSSR count). The predicted molar refractivity (Wildman–Crippen MR) is 77.8 cm³/mol. The van der Waals surface area contributed by atoms with E-state index in [-0.39, 0.29) is 0 Å². The highest BCUT2D eigenvalue weighted by molar-refractivity contribution is 5.00. The molecule has 2 atom stereocenters. The van der Waals surface area contributed by atoms with Gasteiger partial charge < -0.3 is 14.6 Å². The van der Waals surface area contributed by atoms with Crippen molar-refractivity contribution in [1.29, 1.82) is 0 Å². The van der Waals surface area contributed by atoms with Crippen LogP contribution in [0.5, 0.6) is 0 Å².